The molecule has 0 aromatic carbocycles. The predicted molar refractivity (Wildman–Crippen MR) is 84.5 cm³/mol. The van der Waals surface area contributed by atoms with Gasteiger partial charge in [0.2, 0.25) is 0 Å². The van der Waals surface area contributed by atoms with Crippen LogP contribution in [0.1, 0.15) is 18.5 Å². The van der Waals surface area contributed by atoms with E-state index in [1.165, 1.54) is 4.52 Å². The van der Waals surface area contributed by atoms with Gasteiger partial charge in [0.1, 0.15) is 5.82 Å². The highest BCUT2D eigenvalue weighted by Gasteiger charge is 2.36. The maximum Gasteiger partial charge on any atom is 0.165 e. The molecule has 1 fully saturated rings. The molecule has 1 saturated heterocycles. The average molecular weight is 315 g/mol. The molecule has 0 radical (unpaired) electrons. The summed E-state index contributed by atoms with van der Waals surface area (Å²) in [7, 11) is 1.84. The lowest BCUT2D eigenvalue weighted by atomic mass is 9.92. The highest BCUT2D eigenvalue weighted by atomic mass is 19.1. The summed E-state index contributed by atoms with van der Waals surface area (Å²) in [6.07, 6.45) is 6.50. The molecule has 120 valence electrons. The van der Waals surface area contributed by atoms with E-state index in [0.29, 0.717) is 23.6 Å². The SMILES string of the molecule is Cn1cc(-c2cnn3c(N)cc(C4(F)CCCNC4)nc23)cn1. The Hall–Kier alpha value is -2.48. The van der Waals surface area contributed by atoms with Crippen molar-refractivity contribution in [3.8, 4) is 11.1 Å². The Labute approximate surface area is 132 Å². The zero-order valence-corrected chi connectivity index (χ0v) is 12.8. The van der Waals surface area contributed by atoms with Crippen LogP contribution in [0.3, 0.4) is 0 Å². The van der Waals surface area contributed by atoms with E-state index in [4.69, 9.17) is 5.73 Å². The third-order valence-corrected chi connectivity index (χ3v) is 4.31. The fraction of sp³-hybridized carbons (Fsp3) is 0.400. The summed E-state index contributed by atoms with van der Waals surface area (Å²) in [5, 5.41) is 11.5. The molecule has 1 aliphatic rings. The van der Waals surface area contributed by atoms with Crippen LogP contribution in [0.25, 0.3) is 16.8 Å². The minimum atomic E-state index is -1.50. The molecule has 0 aliphatic carbocycles. The highest BCUT2D eigenvalue weighted by molar-refractivity contribution is 5.77. The molecule has 8 heteroatoms. The lowest BCUT2D eigenvalue weighted by molar-refractivity contribution is 0.117. The van der Waals surface area contributed by atoms with Crippen molar-refractivity contribution in [1.29, 1.82) is 0 Å². The second kappa shape index (κ2) is 5.02. The van der Waals surface area contributed by atoms with Crippen molar-refractivity contribution in [3.05, 3.63) is 30.4 Å². The number of nitrogens with two attached hydrogens (primary N) is 1. The Balaban J connectivity index is 1.88. The first-order chi connectivity index (χ1) is 11.1. The van der Waals surface area contributed by atoms with Crippen LogP contribution in [0.5, 0.6) is 0 Å². The van der Waals surface area contributed by atoms with Crippen molar-refractivity contribution in [2.75, 3.05) is 18.8 Å². The van der Waals surface area contributed by atoms with Crippen molar-refractivity contribution < 1.29 is 4.39 Å². The topological polar surface area (TPSA) is 86.1 Å². The maximum atomic E-state index is 15.2. The van der Waals surface area contributed by atoms with Crippen LogP contribution in [-0.2, 0) is 12.7 Å². The van der Waals surface area contributed by atoms with Gasteiger partial charge in [-0.2, -0.15) is 14.7 Å². The van der Waals surface area contributed by atoms with Crippen LogP contribution in [0, 0.1) is 0 Å². The molecule has 1 unspecified atom stereocenters. The third-order valence-electron chi connectivity index (χ3n) is 4.31. The monoisotopic (exact) mass is 315 g/mol. The van der Waals surface area contributed by atoms with Crippen LogP contribution < -0.4 is 11.1 Å². The first kappa shape index (κ1) is 14.1. The number of aryl methyl sites for hydroxylation is 1. The fourth-order valence-electron chi connectivity index (χ4n) is 3.07. The molecule has 1 aliphatic heterocycles. The summed E-state index contributed by atoms with van der Waals surface area (Å²) in [6, 6.07) is 1.58. The van der Waals surface area contributed by atoms with Gasteiger partial charge < -0.3 is 11.1 Å². The smallest absolute Gasteiger partial charge is 0.165 e. The number of aromatic nitrogens is 5. The largest absolute Gasteiger partial charge is 0.384 e. The number of nitrogens with one attached hydrogen (secondary N) is 1. The van der Waals surface area contributed by atoms with Gasteiger partial charge in [0.05, 0.1) is 18.1 Å². The third kappa shape index (κ3) is 2.26. The summed E-state index contributed by atoms with van der Waals surface area (Å²) >= 11 is 0. The number of piperidine rings is 1. The van der Waals surface area contributed by atoms with Gasteiger partial charge in [-0.05, 0) is 19.4 Å². The number of alkyl halides is 1. The van der Waals surface area contributed by atoms with Crippen LogP contribution in [0.4, 0.5) is 10.2 Å². The van der Waals surface area contributed by atoms with Crippen molar-refractivity contribution in [1.82, 2.24) is 29.7 Å². The second-order valence-corrected chi connectivity index (χ2v) is 6.01. The number of halogens is 1. The molecule has 0 amide bonds. The number of nitrogens with zero attached hydrogens (tertiary/aromatic N) is 5. The molecular weight excluding hydrogens is 297 g/mol. The van der Waals surface area contributed by atoms with E-state index in [-0.39, 0.29) is 6.54 Å². The van der Waals surface area contributed by atoms with Gasteiger partial charge in [-0.1, -0.05) is 0 Å². The molecule has 3 aromatic heterocycles. The Morgan fingerprint density at radius 2 is 2.22 bits per heavy atom. The first-order valence-corrected chi connectivity index (χ1v) is 7.60. The highest BCUT2D eigenvalue weighted by Crippen LogP contribution is 2.34. The number of fused-ring (bicyclic) bond motifs is 1. The van der Waals surface area contributed by atoms with Gasteiger partial charge >= 0.3 is 0 Å². The molecule has 7 nitrogen and oxygen atoms in total. The molecule has 0 saturated carbocycles. The summed E-state index contributed by atoms with van der Waals surface area (Å²) < 4.78 is 18.5. The molecule has 3 aromatic rings. The van der Waals surface area contributed by atoms with Gasteiger partial charge in [-0.15, -0.1) is 0 Å². The van der Waals surface area contributed by atoms with Gasteiger partial charge in [0.25, 0.3) is 0 Å². The lowest BCUT2D eigenvalue weighted by Crippen LogP contribution is -2.40. The number of nitrogen functional groups attached to an aromatic ring is 1. The van der Waals surface area contributed by atoms with Gasteiger partial charge in [0.15, 0.2) is 11.3 Å². The van der Waals surface area contributed by atoms with Gasteiger partial charge in [-0.3, -0.25) is 4.68 Å². The van der Waals surface area contributed by atoms with Crippen molar-refractivity contribution in [3.63, 3.8) is 0 Å². The first-order valence-electron chi connectivity index (χ1n) is 7.60. The molecule has 23 heavy (non-hydrogen) atoms. The van der Waals surface area contributed by atoms with E-state index in [0.717, 1.165) is 24.1 Å². The van der Waals surface area contributed by atoms with E-state index in [9.17, 15) is 0 Å². The maximum absolute atomic E-state index is 15.2. The van der Waals surface area contributed by atoms with Crippen molar-refractivity contribution in [2.24, 2.45) is 7.05 Å². The fourth-order valence-corrected chi connectivity index (χ4v) is 3.07. The summed E-state index contributed by atoms with van der Waals surface area (Å²) in [4.78, 5) is 4.55. The van der Waals surface area contributed by atoms with E-state index < -0.39 is 5.67 Å². The minimum Gasteiger partial charge on any atom is -0.384 e. The molecule has 4 rings (SSSR count). The Kier molecular flexibility index (Phi) is 3.08. The predicted octanol–water partition coefficient (Wildman–Crippen LogP) is 1.26. The molecular formula is C15H18FN7. The van der Waals surface area contributed by atoms with E-state index in [2.05, 4.69) is 20.5 Å². The number of hydrogen-bond acceptors (Lipinski definition) is 5. The second-order valence-electron chi connectivity index (χ2n) is 6.01. The number of hydrogen-bond donors (Lipinski definition) is 2. The zero-order chi connectivity index (χ0) is 16.0. The lowest BCUT2D eigenvalue weighted by Gasteiger charge is -2.29. The van der Waals surface area contributed by atoms with Gasteiger partial charge in [-0.25, -0.2) is 9.37 Å². The molecule has 4 heterocycles. The van der Waals surface area contributed by atoms with E-state index in [1.807, 2.05) is 13.2 Å². The number of anilines is 1. The van der Waals surface area contributed by atoms with Crippen molar-refractivity contribution >= 4 is 11.5 Å². The summed E-state index contributed by atoms with van der Waals surface area (Å²) in [5.74, 6) is 0.378. The van der Waals surface area contributed by atoms with Gasteiger partial charge in [0, 0.05) is 37.0 Å². The zero-order valence-electron chi connectivity index (χ0n) is 12.8. The Morgan fingerprint density at radius 1 is 1.35 bits per heavy atom. The normalized spacial score (nSPS) is 21.8. The van der Waals surface area contributed by atoms with E-state index >= 15 is 4.39 Å². The summed E-state index contributed by atoms with van der Waals surface area (Å²) in [5.41, 5.74) is 7.16. The standard InChI is InChI=1S/C15H18FN7/c1-22-8-10(6-19-22)11-7-20-23-13(17)5-12(21-14(11)23)15(16)3-2-4-18-9-15/h5-8,18H,2-4,9,17H2,1H3. The summed E-state index contributed by atoms with van der Waals surface area (Å²) in [6.45, 7) is 1.09. The molecule has 0 spiro atoms. The van der Waals surface area contributed by atoms with Crippen LogP contribution in [0.15, 0.2) is 24.7 Å². The molecule has 3 N–H and O–H groups in total. The van der Waals surface area contributed by atoms with Crippen molar-refractivity contribution in [2.45, 2.75) is 18.5 Å². The average Bonchev–Trinajstić information content (AvgIpc) is 3.14. The van der Waals surface area contributed by atoms with E-state index in [1.54, 1.807) is 23.1 Å². The molecule has 1 atom stereocenters. The Bertz CT molecular complexity index is 860. The number of rotatable bonds is 2. The minimum absolute atomic E-state index is 0.256. The van der Waals surface area contributed by atoms with Crippen LogP contribution in [0.2, 0.25) is 0 Å². The molecule has 0 bridgehead atoms. The van der Waals surface area contributed by atoms with Crippen LogP contribution in [-0.4, -0.2) is 37.5 Å². The van der Waals surface area contributed by atoms with Crippen LogP contribution >= 0.6 is 0 Å². The quantitative estimate of drug-likeness (QED) is 0.743. The Morgan fingerprint density at radius 3 is 2.91 bits per heavy atom.